The van der Waals surface area contributed by atoms with Crippen molar-refractivity contribution in [2.75, 3.05) is 12.4 Å². The minimum atomic E-state index is -0.444. The number of methoxy groups -OCH3 is 1. The Kier molecular flexibility index (Phi) is 5.63. The fourth-order valence-electron chi connectivity index (χ4n) is 2.41. The Morgan fingerprint density at radius 1 is 1.12 bits per heavy atom. The van der Waals surface area contributed by atoms with Gasteiger partial charge in [-0.2, -0.15) is 0 Å². The van der Waals surface area contributed by atoms with Gasteiger partial charge in [-0.3, -0.25) is 4.79 Å². The molecule has 0 fully saturated rings. The summed E-state index contributed by atoms with van der Waals surface area (Å²) in [6, 6.07) is 12.4. The number of carbonyl (C=O) groups is 2. The van der Waals surface area contributed by atoms with Crippen LogP contribution in [-0.2, 0) is 16.0 Å². The van der Waals surface area contributed by atoms with E-state index in [-0.39, 0.29) is 5.91 Å². The largest absolute Gasteiger partial charge is 0.465 e. The molecule has 0 radical (unpaired) electrons. The van der Waals surface area contributed by atoms with Crippen LogP contribution in [0.3, 0.4) is 0 Å². The number of ether oxygens (including phenoxy) is 1. The molecule has 0 unspecified atom stereocenters. The van der Waals surface area contributed by atoms with Crippen molar-refractivity contribution in [1.29, 1.82) is 0 Å². The fourth-order valence-corrected chi connectivity index (χ4v) is 3.89. The normalized spacial score (nSPS) is 10.4. The Morgan fingerprint density at radius 3 is 2.60 bits per heavy atom. The average Bonchev–Trinajstić information content (AvgIpc) is 3.32. The average molecular weight is 371 g/mol. The van der Waals surface area contributed by atoms with E-state index in [1.807, 2.05) is 18.2 Å². The number of carbonyl (C=O) groups excluding carboxylic acids is 2. The first kappa shape index (κ1) is 17.4. The molecule has 2 aromatic heterocycles. The van der Waals surface area contributed by atoms with Gasteiger partial charge in [0.2, 0.25) is 5.91 Å². The number of rotatable bonds is 6. The third-order valence-corrected chi connectivity index (χ3v) is 5.40. The van der Waals surface area contributed by atoms with Crippen molar-refractivity contribution in [3.63, 3.8) is 0 Å². The Balaban J connectivity index is 1.56. The minimum absolute atomic E-state index is 0.120. The van der Waals surface area contributed by atoms with Gasteiger partial charge in [0.15, 0.2) is 0 Å². The molecule has 3 aromatic rings. The third-order valence-electron chi connectivity index (χ3n) is 3.74. The van der Waals surface area contributed by atoms with E-state index in [4.69, 9.17) is 4.74 Å². The van der Waals surface area contributed by atoms with Gasteiger partial charge in [-0.25, -0.2) is 4.79 Å². The molecule has 25 heavy (non-hydrogen) atoms. The zero-order valence-corrected chi connectivity index (χ0v) is 15.3. The summed E-state index contributed by atoms with van der Waals surface area (Å²) in [6.45, 7) is 0. The third kappa shape index (κ3) is 4.35. The summed E-state index contributed by atoms with van der Waals surface area (Å²) in [5.41, 5.74) is 3.19. The van der Waals surface area contributed by atoms with E-state index in [0.29, 0.717) is 24.1 Å². The second-order valence-corrected chi connectivity index (χ2v) is 7.10. The maximum Gasteiger partial charge on any atom is 0.340 e. The molecule has 0 atom stereocenters. The molecule has 1 amide bonds. The van der Waals surface area contributed by atoms with E-state index < -0.39 is 5.97 Å². The summed E-state index contributed by atoms with van der Waals surface area (Å²) in [5.74, 6) is -0.563. The van der Waals surface area contributed by atoms with Crippen molar-refractivity contribution in [3.05, 3.63) is 63.7 Å². The number of aryl methyl sites for hydroxylation is 1. The topological polar surface area (TPSA) is 55.4 Å². The molecule has 3 rings (SSSR count). The van der Waals surface area contributed by atoms with Gasteiger partial charge >= 0.3 is 5.97 Å². The molecular weight excluding hydrogens is 354 g/mol. The first-order chi connectivity index (χ1) is 12.2. The van der Waals surface area contributed by atoms with E-state index in [2.05, 4.69) is 28.9 Å². The maximum absolute atomic E-state index is 12.1. The molecule has 0 saturated carbocycles. The first-order valence-corrected chi connectivity index (χ1v) is 9.57. The van der Waals surface area contributed by atoms with Crippen LogP contribution in [0.1, 0.15) is 22.3 Å². The van der Waals surface area contributed by atoms with Gasteiger partial charge in [0.25, 0.3) is 0 Å². The SMILES string of the molecule is COC(=O)c1cscc1NC(=O)CCc1ccc(-c2cccs2)cc1. The minimum Gasteiger partial charge on any atom is -0.465 e. The first-order valence-electron chi connectivity index (χ1n) is 7.74. The lowest BCUT2D eigenvalue weighted by Gasteiger charge is -2.06. The monoisotopic (exact) mass is 371 g/mol. The van der Waals surface area contributed by atoms with E-state index >= 15 is 0 Å². The van der Waals surface area contributed by atoms with Crippen LogP contribution in [0.4, 0.5) is 5.69 Å². The zero-order chi connectivity index (χ0) is 17.6. The van der Waals surface area contributed by atoms with Gasteiger partial charge < -0.3 is 10.1 Å². The molecule has 0 aliphatic carbocycles. The summed E-state index contributed by atoms with van der Waals surface area (Å²) < 4.78 is 4.71. The Labute approximate surface area is 154 Å². The van der Waals surface area contributed by atoms with E-state index in [1.165, 1.54) is 28.9 Å². The predicted molar refractivity (Wildman–Crippen MR) is 102 cm³/mol. The molecule has 1 aromatic carbocycles. The van der Waals surface area contributed by atoms with Crippen LogP contribution in [0.5, 0.6) is 0 Å². The molecule has 0 aliphatic rings. The van der Waals surface area contributed by atoms with E-state index in [0.717, 1.165) is 5.56 Å². The lowest BCUT2D eigenvalue weighted by Crippen LogP contribution is -2.14. The second kappa shape index (κ2) is 8.09. The van der Waals surface area contributed by atoms with Gasteiger partial charge in [0.05, 0.1) is 18.4 Å². The van der Waals surface area contributed by atoms with Gasteiger partial charge in [0.1, 0.15) is 0 Å². The molecule has 1 N–H and O–H groups in total. The van der Waals surface area contributed by atoms with Crippen LogP contribution in [0.2, 0.25) is 0 Å². The molecule has 6 heteroatoms. The smallest absolute Gasteiger partial charge is 0.340 e. The van der Waals surface area contributed by atoms with Crippen molar-refractivity contribution in [3.8, 4) is 10.4 Å². The van der Waals surface area contributed by atoms with Gasteiger partial charge in [-0.15, -0.1) is 22.7 Å². The van der Waals surface area contributed by atoms with E-state index in [9.17, 15) is 9.59 Å². The number of thiophene rings is 2. The highest BCUT2D eigenvalue weighted by Crippen LogP contribution is 2.25. The highest BCUT2D eigenvalue weighted by molar-refractivity contribution is 7.13. The van der Waals surface area contributed by atoms with Crippen molar-refractivity contribution >= 4 is 40.2 Å². The highest BCUT2D eigenvalue weighted by Gasteiger charge is 2.14. The van der Waals surface area contributed by atoms with Crippen LogP contribution in [0, 0.1) is 0 Å². The fraction of sp³-hybridized carbons (Fsp3) is 0.158. The number of hydrogen-bond donors (Lipinski definition) is 1. The van der Waals surface area contributed by atoms with Gasteiger partial charge in [0, 0.05) is 22.1 Å². The predicted octanol–water partition coefficient (Wildman–Crippen LogP) is 4.83. The van der Waals surface area contributed by atoms with Gasteiger partial charge in [-0.05, 0) is 29.0 Å². The van der Waals surface area contributed by atoms with Crippen molar-refractivity contribution < 1.29 is 14.3 Å². The van der Waals surface area contributed by atoms with Crippen LogP contribution in [0.15, 0.2) is 52.5 Å². The zero-order valence-electron chi connectivity index (χ0n) is 13.7. The number of benzene rings is 1. The summed E-state index contributed by atoms with van der Waals surface area (Å²) in [7, 11) is 1.32. The lowest BCUT2D eigenvalue weighted by atomic mass is 10.1. The molecule has 2 heterocycles. The molecule has 128 valence electrons. The molecule has 4 nitrogen and oxygen atoms in total. The van der Waals surface area contributed by atoms with E-state index in [1.54, 1.807) is 22.1 Å². The van der Waals surface area contributed by atoms with Crippen LogP contribution in [0.25, 0.3) is 10.4 Å². The lowest BCUT2D eigenvalue weighted by molar-refractivity contribution is -0.116. The molecular formula is C19H17NO3S2. The highest BCUT2D eigenvalue weighted by atomic mass is 32.1. The molecule has 0 aliphatic heterocycles. The number of anilines is 1. The Bertz CT molecular complexity index is 851. The molecule has 0 saturated heterocycles. The Morgan fingerprint density at radius 2 is 1.92 bits per heavy atom. The number of amides is 1. The van der Waals surface area contributed by atoms with Crippen molar-refractivity contribution in [1.82, 2.24) is 0 Å². The van der Waals surface area contributed by atoms with Crippen molar-refractivity contribution in [2.24, 2.45) is 0 Å². The second-order valence-electron chi connectivity index (χ2n) is 5.41. The number of hydrogen-bond acceptors (Lipinski definition) is 5. The quantitative estimate of drug-likeness (QED) is 0.631. The summed E-state index contributed by atoms with van der Waals surface area (Å²) >= 11 is 3.06. The van der Waals surface area contributed by atoms with Gasteiger partial charge in [-0.1, -0.05) is 30.3 Å². The standard InChI is InChI=1S/C19H17NO3S2/c1-23-19(22)15-11-24-12-16(15)20-18(21)9-6-13-4-7-14(8-5-13)17-3-2-10-25-17/h2-5,7-8,10-12H,6,9H2,1H3,(H,20,21). The summed E-state index contributed by atoms with van der Waals surface area (Å²) in [4.78, 5) is 25.0. The Hall–Kier alpha value is -2.44. The summed E-state index contributed by atoms with van der Waals surface area (Å²) in [5, 5.41) is 8.25. The van der Waals surface area contributed by atoms with Crippen LogP contribution in [-0.4, -0.2) is 19.0 Å². The number of esters is 1. The van der Waals surface area contributed by atoms with Crippen LogP contribution < -0.4 is 5.32 Å². The van der Waals surface area contributed by atoms with Crippen LogP contribution >= 0.6 is 22.7 Å². The number of nitrogens with one attached hydrogen (secondary N) is 1. The van der Waals surface area contributed by atoms with Crippen molar-refractivity contribution in [2.45, 2.75) is 12.8 Å². The molecule has 0 bridgehead atoms. The maximum atomic E-state index is 12.1. The molecule has 0 spiro atoms. The summed E-state index contributed by atoms with van der Waals surface area (Å²) in [6.07, 6.45) is 1.00.